The molecular weight excluding hydrogens is 214 g/mol. The number of rotatable bonds is 3. The predicted octanol–water partition coefficient (Wildman–Crippen LogP) is 1.82. The minimum Gasteiger partial charge on any atom is -0.366 e. The van der Waals surface area contributed by atoms with Crippen LogP contribution in [0.3, 0.4) is 0 Å². The molecule has 17 heavy (non-hydrogen) atoms. The van der Waals surface area contributed by atoms with Gasteiger partial charge in [0, 0.05) is 17.8 Å². The Morgan fingerprint density at radius 2 is 2.24 bits per heavy atom. The summed E-state index contributed by atoms with van der Waals surface area (Å²) in [6.45, 7) is 2.09. The Bertz CT molecular complexity index is 549. The van der Waals surface area contributed by atoms with Crippen LogP contribution in [0.15, 0.2) is 24.5 Å². The Morgan fingerprint density at radius 1 is 1.41 bits per heavy atom. The molecule has 0 saturated heterocycles. The highest BCUT2D eigenvalue weighted by atomic mass is 15.4. The van der Waals surface area contributed by atoms with E-state index < -0.39 is 0 Å². The number of nitrogens with zero attached hydrogens (tertiary/aromatic N) is 4. The van der Waals surface area contributed by atoms with E-state index in [1.54, 1.807) is 10.8 Å². The molecule has 2 heterocycles. The number of fused-ring (bicyclic) bond motifs is 1. The van der Waals surface area contributed by atoms with Crippen molar-refractivity contribution in [1.82, 2.24) is 19.6 Å². The molecule has 0 saturated carbocycles. The fraction of sp³-hybridized carbons (Fsp3) is 0.417. The minimum absolute atomic E-state index is 0.467. The van der Waals surface area contributed by atoms with Gasteiger partial charge in [0.05, 0.1) is 0 Å². The molecule has 0 unspecified atom stereocenters. The first kappa shape index (κ1) is 10.3. The van der Waals surface area contributed by atoms with Crippen molar-refractivity contribution in [2.45, 2.75) is 32.2 Å². The summed E-state index contributed by atoms with van der Waals surface area (Å²) < 4.78 is 1.76. The summed E-state index contributed by atoms with van der Waals surface area (Å²) in [4.78, 5) is 8.57. The van der Waals surface area contributed by atoms with Crippen molar-refractivity contribution < 1.29 is 0 Å². The fourth-order valence-electron chi connectivity index (χ4n) is 2.09. The lowest BCUT2D eigenvalue weighted by Gasteiger charge is -2.14. The normalized spacial score (nSPS) is 15.8. The summed E-state index contributed by atoms with van der Waals surface area (Å²) in [6.07, 6.45) is 9.00. The first-order valence-electron chi connectivity index (χ1n) is 5.98. The minimum atomic E-state index is 0.467. The van der Waals surface area contributed by atoms with Crippen LogP contribution < -0.4 is 5.32 Å². The van der Waals surface area contributed by atoms with Gasteiger partial charge in [0.15, 0.2) is 0 Å². The molecule has 0 atom stereocenters. The van der Waals surface area contributed by atoms with E-state index in [1.165, 1.54) is 0 Å². The van der Waals surface area contributed by atoms with Gasteiger partial charge in [-0.3, -0.25) is 0 Å². The predicted molar refractivity (Wildman–Crippen MR) is 65.9 cm³/mol. The highest BCUT2D eigenvalue weighted by Gasteiger charge is 2.13. The van der Waals surface area contributed by atoms with Crippen LogP contribution in [0.5, 0.6) is 0 Å². The quantitative estimate of drug-likeness (QED) is 0.816. The van der Waals surface area contributed by atoms with Crippen LogP contribution in [0.25, 0.3) is 5.78 Å². The maximum absolute atomic E-state index is 4.42. The summed E-state index contributed by atoms with van der Waals surface area (Å²) in [5.41, 5.74) is 1.04. The average Bonchev–Trinajstić information content (AvgIpc) is 2.98. The van der Waals surface area contributed by atoms with E-state index in [0.717, 1.165) is 30.8 Å². The van der Waals surface area contributed by atoms with Gasteiger partial charge < -0.3 is 5.32 Å². The third kappa shape index (κ3) is 1.88. The van der Waals surface area contributed by atoms with Gasteiger partial charge in [-0.15, -0.1) is 0 Å². The first-order chi connectivity index (χ1) is 8.36. The van der Waals surface area contributed by atoms with Gasteiger partial charge in [-0.25, -0.2) is 4.98 Å². The first-order valence-corrected chi connectivity index (χ1v) is 5.98. The number of nitrogens with one attached hydrogen (secondary N) is 1. The molecule has 1 N–H and O–H groups in total. The van der Waals surface area contributed by atoms with Crippen molar-refractivity contribution in [1.29, 1.82) is 0 Å². The number of hydrogen-bond acceptors (Lipinski definition) is 4. The van der Waals surface area contributed by atoms with Gasteiger partial charge in [-0.2, -0.15) is 14.6 Å². The highest BCUT2D eigenvalue weighted by molar-refractivity contribution is 5.46. The van der Waals surface area contributed by atoms with Gasteiger partial charge in [-0.05, 0) is 19.3 Å². The largest absolute Gasteiger partial charge is 0.366 e. The molecule has 0 amide bonds. The molecule has 2 aromatic heterocycles. The molecule has 0 spiro atoms. The molecule has 0 radical (unpaired) electrons. The smallest absolute Gasteiger partial charge is 0.254 e. The van der Waals surface area contributed by atoms with E-state index in [4.69, 9.17) is 0 Å². The molecule has 0 aliphatic heterocycles. The summed E-state index contributed by atoms with van der Waals surface area (Å²) in [5.74, 6) is 1.65. The molecule has 3 rings (SSSR count). The van der Waals surface area contributed by atoms with Gasteiger partial charge in [-0.1, -0.05) is 19.1 Å². The Hall–Kier alpha value is -1.91. The van der Waals surface area contributed by atoms with Crippen LogP contribution in [0.2, 0.25) is 0 Å². The van der Waals surface area contributed by atoms with Crippen molar-refractivity contribution in [3.05, 3.63) is 30.2 Å². The molecule has 1 aliphatic carbocycles. The van der Waals surface area contributed by atoms with Crippen molar-refractivity contribution in [3.8, 4) is 0 Å². The second kappa shape index (κ2) is 4.16. The topological polar surface area (TPSA) is 55.1 Å². The molecule has 88 valence electrons. The van der Waals surface area contributed by atoms with E-state index in [2.05, 4.69) is 45.5 Å². The van der Waals surface area contributed by atoms with E-state index in [0.29, 0.717) is 11.8 Å². The molecular formula is C12H15N5. The number of aryl methyl sites for hydroxylation is 1. The maximum atomic E-state index is 4.42. The van der Waals surface area contributed by atoms with Crippen molar-refractivity contribution in [2.24, 2.45) is 0 Å². The number of anilines is 1. The Kier molecular flexibility index (Phi) is 2.51. The van der Waals surface area contributed by atoms with Crippen LogP contribution in [-0.4, -0.2) is 25.6 Å². The van der Waals surface area contributed by atoms with Crippen LogP contribution >= 0.6 is 0 Å². The lowest BCUT2D eigenvalue weighted by molar-refractivity contribution is 0.765. The second-order valence-electron chi connectivity index (χ2n) is 4.24. The van der Waals surface area contributed by atoms with Crippen LogP contribution in [0, 0.1) is 0 Å². The van der Waals surface area contributed by atoms with E-state index >= 15 is 0 Å². The number of aromatic nitrogens is 4. The van der Waals surface area contributed by atoms with Gasteiger partial charge >= 0.3 is 0 Å². The van der Waals surface area contributed by atoms with Gasteiger partial charge in [0.25, 0.3) is 5.78 Å². The summed E-state index contributed by atoms with van der Waals surface area (Å²) in [5, 5.41) is 7.70. The third-order valence-corrected chi connectivity index (χ3v) is 3.03. The molecule has 1 aliphatic rings. The Labute approximate surface area is 99.6 Å². The van der Waals surface area contributed by atoms with Gasteiger partial charge in [0.2, 0.25) is 0 Å². The van der Waals surface area contributed by atoms with Crippen LogP contribution in [0.1, 0.15) is 25.5 Å². The van der Waals surface area contributed by atoms with Gasteiger partial charge in [0.1, 0.15) is 12.1 Å². The molecule has 0 aromatic carbocycles. The summed E-state index contributed by atoms with van der Waals surface area (Å²) in [6, 6.07) is 2.52. The average molecular weight is 229 g/mol. The summed E-state index contributed by atoms with van der Waals surface area (Å²) in [7, 11) is 0. The zero-order valence-electron chi connectivity index (χ0n) is 9.80. The van der Waals surface area contributed by atoms with Crippen molar-refractivity contribution in [3.63, 3.8) is 0 Å². The SMILES string of the molecule is CCc1cc(NC2CC=CC2)n2ncnc2n1. The van der Waals surface area contributed by atoms with E-state index in [1.807, 2.05) is 0 Å². The molecule has 5 heteroatoms. The second-order valence-corrected chi connectivity index (χ2v) is 4.24. The fourth-order valence-corrected chi connectivity index (χ4v) is 2.09. The monoisotopic (exact) mass is 229 g/mol. The number of hydrogen-bond donors (Lipinski definition) is 1. The zero-order valence-corrected chi connectivity index (χ0v) is 9.80. The summed E-state index contributed by atoms with van der Waals surface area (Å²) >= 11 is 0. The lowest BCUT2D eigenvalue weighted by Crippen LogP contribution is -2.18. The molecule has 0 fully saturated rings. The lowest BCUT2D eigenvalue weighted by atomic mass is 10.2. The van der Waals surface area contributed by atoms with Crippen LogP contribution in [0.4, 0.5) is 5.82 Å². The van der Waals surface area contributed by atoms with Crippen LogP contribution in [-0.2, 0) is 6.42 Å². The maximum Gasteiger partial charge on any atom is 0.254 e. The Morgan fingerprint density at radius 3 is 3.00 bits per heavy atom. The van der Waals surface area contributed by atoms with Crippen molar-refractivity contribution in [2.75, 3.05) is 5.32 Å². The molecule has 5 nitrogen and oxygen atoms in total. The highest BCUT2D eigenvalue weighted by Crippen LogP contribution is 2.18. The van der Waals surface area contributed by atoms with Crippen molar-refractivity contribution >= 4 is 11.6 Å². The third-order valence-electron chi connectivity index (χ3n) is 3.03. The molecule has 0 bridgehead atoms. The Balaban J connectivity index is 1.97. The van der Waals surface area contributed by atoms with E-state index in [9.17, 15) is 0 Å². The zero-order chi connectivity index (χ0) is 11.7. The molecule has 2 aromatic rings. The standard InChI is InChI=1S/C12H15N5/c1-2-9-7-11(15-10-5-3-4-6-10)17-12(16-9)13-8-14-17/h3-4,7-8,10,15H,2,5-6H2,1H3. The van der Waals surface area contributed by atoms with E-state index in [-0.39, 0.29) is 0 Å².